The fourth-order valence-electron chi connectivity index (χ4n) is 6.36. The summed E-state index contributed by atoms with van der Waals surface area (Å²) in [7, 11) is 0. The highest BCUT2D eigenvalue weighted by Gasteiger charge is 2.34. The van der Waals surface area contributed by atoms with Crippen LogP contribution in [0.2, 0.25) is 0 Å². The van der Waals surface area contributed by atoms with Crippen LogP contribution >= 0.6 is 31.9 Å². The highest BCUT2D eigenvalue weighted by Crippen LogP contribution is 2.51. The Labute approximate surface area is 305 Å². The van der Waals surface area contributed by atoms with Gasteiger partial charge in [-0.05, 0) is 31.9 Å². The third-order valence-electron chi connectivity index (χ3n) is 8.91. The first-order valence-electron chi connectivity index (χ1n) is 16.8. The second-order valence-electron chi connectivity index (χ2n) is 11.9. The van der Waals surface area contributed by atoms with E-state index < -0.39 is 23.3 Å². The summed E-state index contributed by atoms with van der Waals surface area (Å²) in [5.41, 5.74) is -0.0129. The normalized spacial score (nSPS) is 20.7. The van der Waals surface area contributed by atoms with Gasteiger partial charge in [0, 0.05) is 65.4 Å². The van der Waals surface area contributed by atoms with Crippen LogP contribution < -0.4 is 24.9 Å². The van der Waals surface area contributed by atoms with Crippen LogP contribution in [0.15, 0.2) is 19.2 Å². The summed E-state index contributed by atoms with van der Waals surface area (Å²) >= 11 is 6.24. The number of nitrogens with zero attached hydrogens (tertiary/aromatic N) is 6. The minimum absolute atomic E-state index is 0.0331. The zero-order chi connectivity index (χ0) is 35.0. The van der Waals surface area contributed by atoms with Crippen LogP contribution in [0, 0.1) is 23.3 Å². The van der Waals surface area contributed by atoms with E-state index in [0.717, 1.165) is 26.3 Å². The van der Waals surface area contributed by atoms with Crippen molar-refractivity contribution in [2.24, 2.45) is 10.2 Å². The molecule has 0 unspecified atom stereocenters. The summed E-state index contributed by atoms with van der Waals surface area (Å²) < 4.78 is 90.4. The van der Waals surface area contributed by atoms with Crippen molar-refractivity contribution < 1.29 is 41.2 Å². The molecule has 0 atom stereocenters. The zero-order valence-electron chi connectivity index (χ0n) is 27.6. The standard InChI is InChI=1S/C28H32Br2F4N6O4.C4H9NO/c29-17-19(31)25(37-1-9-41-10-2-37)23(26(20(17)32)38-3-11-42-12-4-38)35-36-24-27(39-5-13-43-14-6-39)21(33)18(30)22(34)28(24)40-7-15-44-16-8-40;1-3-6-4-2-5-1/h1-16H2;5H,1-4H2. The molecule has 5 fully saturated rings. The third kappa shape index (κ3) is 8.32. The molecule has 2 aromatic rings. The van der Waals surface area contributed by atoms with Gasteiger partial charge in [-0.2, -0.15) is 0 Å². The number of hydrogen-bond donors (Lipinski definition) is 1. The van der Waals surface area contributed by atoms with E-state index >= 15 is 17.6 Å². The molecular formula is C32H41Br2F4N7O5. The van der Waals surface area contributed by atoms with Crippen LogP contribution in [0.5, 0.6) is 0 Å². The van der Waals surface area contributed by atoms with E-state index in [1.165, 1.54) is 0 Å². The molecule has 5 aliphatic heterocycles. The van der Waals surface area contributed by atoms with Crippen molar-refractivity contribution in [3.05, 3.63) is 32.2 Å². The smallest absolute Gasteiger partial charge is 0.166 e. The minimum Gasteiger partial charge on any atom is -0.379 e. The van der Waals surface area contributed by atoms with Gasteiger partial charge >= 0.3 is 0 Å². The fraction of sp³-hybridized carbons (Fsp3) is 0.625. The maximum atomic E-state index is 16.0. The monoisotopic (exact) mass is 837 g/mol. The first kappa shape index (κ1) is 37.4. The Morgan fingerprint density at radius 1 is 0.420 bits per heavy atom. The lowest BCUT2D eigenvalue weighted by molar-refractivity contribution is 0.109. The van der Waals surface area contributed by atoms with E-state index in [-0.39, 0.29) is 43.1 Å². The highest BCUT2D eigenvalue weighted by atomic mass is 79.9. The van der Waals surface area contributed by atoms with Gasteiger partial charge in [0.2, 0.25) is 0 Å². The summed E-state index contributed by atoms with van der Waals surface area (Å²) in [5, 5.41) is 12.2. The van der Waals surface area contributed by atoms with Gasteiger partial charge in [-0.3, -0.25) is 0 Å². The summed E-state index contributed by atoms with van der Waals surface area (Å²) in [5.74, 6) is -3.37. The van der Waals surface area contributed by atoms with Gasteiger partial charge in [0.1, 0.15) is 34.1 Å². The summed E-state index contributed by atoms with van der Waals surface area (Å²) in [6, 6.07) is 0. The maximum Gasteiger partial charge on any atom is 0.166 e. The molecule has 12 nitrogen and oxygen atoms in total. The predicted octanol–water partition coefficient (Wildman–Crippen LogP) is 5.14. The summed E-state index contributed by atoms with van der Waals surface area (Å²) in [6.45, 7) is 9.19. The van der Waals surface area contributed by atoms with Crippen molar-refractivity contribution >= 4 is 66.0 Å². The van der Waals surface area contributed by atoms with Gasteiger partial charge in [-0.1, -0.05) is 0 Å². The lowest BCUT2D eigenvalue weighted by atomic mass is 10.1. The van der Waals surface area contributed by atoms with Crippen LogP contribution in [0.4, 0.5) is 51.7 Å². The molecule has 0 radical (unpaired) electrons. The Hall–Kier alpha value is -2.32. The first-order chi connectivity index (χ1) is 24.4. The maximum absolute atomic E-state index is 16.0. The average Bonchev–Trinajstić information content (AvgIpc) is 3.17. The molecule has 5 saturated heterocycles. The Bertz CT molecular complexity index is 1300. The molecule has 7 rings (SSSR count). The Morgan fingerprint density at radius 3 is 0.860 bits per heavy atom. The SMILES string of the molecule is C1COCCN1.Fc1c(Br)c(F)c(N2CCOCC2)c(N=Nc2c(N3CCOCC3)c(F)c(Br)c(F)c2N2CCOCC2)c1N1CCOCC1. The molecule has 5 heterocycles. The van der Waals surface area contributed by atoms with Crippen molar-refractivity contribution in [3.63, 3.8) is 0 Å². The number of rotatable bonds is 6. The second kappa shape index (κ2) is 17.9. The van der Waals surface area contributed by atoms with E-state index in [0.29, 0.717) is 105 Å². The Kier molecular flexibility index (Phi) is 13.4. The molecule has 0 bridgehead atoms. The number of anilines is 4. The van der Waals surface area contributed by atoms with Crippen molar-refractivity contribution in [3.8, 4) is 0 Å². The van der Waals surface area contributed by atoms with Crippen molar-refractivity contribution in [1.82, 2.24) is 5.32 Å². The van der Waals surface area contributed by atoms with E-state index in [2.05, 4.69) is 47.4 Å². The number of halogens is 6. The molecule has 2 aromatic carbocycles. The van der Waals surface area contributed by atoms with Crippen LogP contribution in [0.1, 0.15) is 0 Å². The first-order valence-corrected chi connectivity index (χ1v) is 18.4. The zero-order valence-corrected chi connectivity index (χ0v) is 30.8. The topological polar surface area (TPSA) is 95.9 Å². The largest absolute Gasteiger partial charge is 0.379 e. The highest BCUT2D eigenvalue weighted by molar-refractivity contribution is 9.10. The fourth-order valence-corrected chi connectivity index (χ4v) is 7.11. The third-order valence-corrected chi connectivity index (χ3v) is 10.3. The molecule has 0 saturated carbocycles. The second-order valence-corrected chi connectivity index (χ2v) is 13.5. The van der Waals surface area contributed by atoms with Crippen LogP contribution in [0.25, 0.3) is 0 Å². The number of azo groups is 1. The van der Waals surface area contributed by atoms with Crippen molar-refractivity contribution in [2.75, 3.05) is 151 Å². The van der Waals surface area contributed by atoms with Gasteiger partial charge < -0.3 is 48.6 Å². The Morgan fingerprint density at radius 2 is 0.660 bits per heavy atom. The van der Waals surface area contributed by atoms with Gasteiger partial charge in [0.15, 0.2) is 23.3 Å². The molecule has 276 valence electrons. The predicted molar refractivity (Wildman–Crippen MR) is 188 cm³/mol. The molecule has 0 spiro atoms. The quantitative estimate of drug-likeness (QED) is 0.240. The number of nitrogens with one attached hydrogen (secondary N) is 1. The van der Waals surface area contributed by atoms with Gasteiger partial charge in [0.05, 0.1) is 75.0 Å². The molecule has 0 aliphatic carbocycles. The molecular weight excluding hydrogens is 798 g/mol. The van der Waals surface area contributed by atoms with E-state index in [1.807, 2.05) is 0 Å². The minimum atomic E-state index is -0.842. The summed E-state index contributed by atoms with van der Waals surface area (Å²) in [4.78, 5) is 6.93. The number of morpholine rings is 5. The van der Waals surface area contributed by atoms with Crippen LogP contribution in [-0.4, -0.2) is 132 Å². The van der Waals surface area contributed by atoms with Gasteiger partial charge in [-0.25, -0.2) is 17.6 Å². The lowest BCUT2D eigenvalue weighted by Gasteiger charge is -2.35. The van der Waals surface area contributed by atoms with Gasteiger partial charge in [-0.15, -0.1) is 10.2 Å². The molecule has 50 heavy (non-hydrogen) atoms. The van der Waals surface area contributed by atoms with Gasteiger partial charge in [0.25, 0.3) is 0 Å². The number of benzene rings is 2. The lowest BCUT2D eigenvalue weighted by Crippen LogP contribution is -2.39. The van der Waals surface area contributed by atoms with Crippen LogP contribution in [0.3, 0.4) is 0 Å². The molecule has 1 N–H and O–H groups in total. The summed E-state index contributed by atoms with van der Waals surface area (Å²) in [6.07, 6.45) is 0. The molecule has 18 heteroatoms. The van der Waals surface area contributed by atoms with E-state index in [1.54, 1.807) is 19.6 Å². The number of ether oxygens (including phenoxy) is 5. The van der Waals surface area contributed by atoms with E-state index in [9.17, 15) is 0 Å². The molecule has 0 amide bonds. The van der Waals surface area contributed by atoms with Crippen LogP contribution in [-0.2, 0) is 23.7 Å². The number of hydrogen-bond acceptors (Lipinski definition) is 12. The van der Waals surface area contributed by atoms with E-state index in [4.69, 9.17) is 23.7 Å². The Balaban J connectivity index is 0.000000652. The molecule has 0 aromatic heterocycles. The average molecular weight is 840 g/mol. The van der Waals surface area contributed by atoms with Crippen molar-refractivity contribution in [2.45, 2.75) is 0 Å². The molecule has 5 aliphatic rings. The van der Waals surface area contributed by atoms with Crippen molar-refractivity contribution in [1.29, 1.82) is 0 Å².